The zero-order valence-corrected chi connectivity index (χ0v) is 12.4. The van der Waals surface area contributed by atoms with Gasteiger partial charge in [-0.05, 0) is 18.9 Å². The highest BCUT2D eigenvalue weighted by atomic mass is 35.5. The number of halogens is 1. The normalized spacial score (nSPS) is 12.2. The van der Waals surface area contributed by atoms with E-state index in [-0.39, 0.29) is 18.5 Å². The maximum absolute atomic E-state index is 12.1. The van der Waals surface area contributed by atoms with E-state index in [9.17, 15) is 4.79 Å². The first-order valence-corrected chi connectivity index (χ1v) is 7.01. The molecule has 0 bridgehead atoms. The summed E-state index contributed by atoms with van der Waals surface area (Å²) in [6, 6.07) is 9.97. The van der Waals surface area contributed by atoms with Crippen molar-refractivity contribution in [1.82, 2.24) is 15.1 Å². The second-order valence-corrected chi connectivity index (χ2v) is 5.11. The summed E-state index contributed by atoms with van der Waals surface area (Å²) in [5.74, 6) is -0.0696. The minimum atomic E-state index is -0.0696. The van der Waals surface area contributed by atoms with Crippen LogP contribution in [0.3, 0.4) is 0 Å². The first kappa shape index (κ1) is 14.6. The Morgan fingerprint density at radius 3 is 2.65 bits per heavy atom. The summed E-state index contributed by atoms with van der Waals surface area (Å²) in [6.45, 7) is 4.04. The van der Waals surface area contributed by atoms with Crippen LogP contribution in [0.4, 0.5) is 0 Å². The van der Waals surface area contributed by atoms with Crippen LogP contribution in [0, 0.1) is 6.92 Å². The van der Waals surface area contributed by atoms with Gasteiger partial charge >= 0.3 is 0 Å². The quantitative estimate of drug-likeness (QED) is 0.920. The van der Waals surface area contributed by atoms with Crippen LogP contribution in [0.1, 0.15) is 30.6 Å². The summed E-state index contributed by atoms with van der Waals surface area (Å²) in [6.07, 6.45) is 2.51. The lowest BCUT2D eigenvalue weighted by Gasteiger charge is -2.17. The van der Waals surface area contributed by atoms with Crippen molar-refractivity contribution in [2.45, 2.75) is 32.9 Å². The number of hydrogen-bond acceptors (Lipinski definition) is 2. The van der Waals surface area contributed by atoms with Gasteiger partial charge in [0.2, 0.25) is 5.91 Å². The molecule has 106 valence electrons. The van der Waals surface area contributed by atoms with Gasteiger partial charge in [-0.3, -0.25) is 9.48 Å². The predicted molar refractivity (Wildman–Crippen MR) is 79.6 cm³/mol. The van der Waals surface area contributed by atoms with Gasteiger partial charge in [0.15, 0.2) is 0 Å². The number of amides is 1. The number of aryl methyl sites for hydroxylation is 1. The van der Waals surface area contributed by atoms with Crippen molar-refractivity contribution in [2.24, 2.45) is 0 Å². The summed E-state index contributed by atoms with van der Waals surface area (Å²) in [7, 11) is 0. The second-order valence-electron chi connectivity index (χ2n) is 4.70. The fourth-order valence-corrected chi connectivity index (χ4v) is 2.22. The number of carbonyl (C=O) groups is 1. The Kier molecular flexibility index (Phi) is 4.79. The van der Waals surface area contributed by atoms with Crippen LogP contribution in [-0.4, -0.2) is 15.7 Å². The zero-order valence-electron chi connectivity index (χ0n) is 11.6. The van der Waals surface area contributed by atoms with E-state index in [1.54, 1.807) is 10.9 Å². The third kappa shape index (κ3) is 3.61. The highest BCUT2D eigenvalue weighted by Gasteiger charge is 2.13. The Morgan fingerprint density at radius 2 is 2.10 bits per heavy atom. The molecule has 0 radical (unpaired) electrons. The molecule has 1 unspecified atom stereocenters. The topological polar surface area (TPSA) is 46.9 Å². The SMILES string of the molecule is CCC(NC(=O)Cn1cc(Cl)c(C)n1)c1ccccc1. The van der Waals surface area contributed by atoms with Gasteiger partial charge in [-0.15, -0.1) is 0 Å². The van der Waals surface area contributed by atoms with Crippen LogP contribution in [0.5, 0.6) is 0 Å². The molecule has 0 saturated heterocycles. The number of nitrogens with one attached hydrogen (secondary N) is 1. The number of nitrogens with zero attached hydrogens (tertiary/aromatic N) is 2. The predicted octanol–water partition coefficient (Wildman–Crippen LogP) is 3.11. The largest absolute Gasteiger partial charge is 0.348 e. The molecule has 2 aromatic rings. The van der Waals surface area contributed by atoms with Crippen LogP contribution in [0.2, 0.25) is 5.02 Å². The molecular formula is C15H18ClN3O. The molecule has 1 aromatic carbocycles. The van der Waals surface area contributed by atoms with Crippen LogP contribution in [0.25, 0.3) is 0 Å². The van der Waals surface area contributed by atoms with E-state index in [1.807, 2.05) is 44.2 Å². The lowest BCUT2D eigenvalue weighted by molar-refractivity contribution is -0.122. The van der Waals surface area contributed by atoms with Gasteiger partial charge < -0.3 is 5.32 Å². The van der Waals surface area contributed by atoms with Crippen LogP contribution >= 0.6 is 11.6 Å². The number of carbonyl (C=O) groups excluding carboxylic acids is 1. The minimum Gasteiger partial charge on any atom is -0.348 e. The Morgan fingerprint density at radius 1 is 1.40 bits per heavy atom. The molecule has 0 aliphatic carbocycles. The van der Waals surface area contributed by atoms with Crippen molar-refractivity contribution in [3.8, 4) is 0 Å². The monoisotopic (exact) mass is 291 g/mol. The molecule has 0 aliphatic heterocycles. The van der Waals surface area contributed by atoms with Gasteiger partial charge in [0.1, 0.15) is 6.54 Å². The maximum Gasteiger partial charge on any atom is 0.242 e. The highest BCUT2D eigenvalue weighted by Crippen LogP contribution is 2.16. The molecule has 20 heavy (non-hydrogen) atoms. The lowest BCUT2D eigenvalue weighted by Crippen LogP contribution is -2.31. The van der Waals surface area contributed by atoms with Crippen molar-refractivity contribution in [1.29, 1.82) is 0 Å². The summed E-state index contributed by atoms with van der Waals surface area (Å²) < 4.78 is 1.56. The van der Waals surface area contributed by atoms with Crippen molar-refractivity contribution in [3.05, 3.63) is 52.8 Å². The molecule has 4 nitrogen and oxygen atoms in total. The summed E-state index contributed by atoms with van der Waals surface area (Å²) in [5.41, 5.74) is 1.84. The summed E-state index contributed by atoms with van der Waals surface area (Å²) >= 11 is 5.93. The first-order chi connectivity index (χ1) is 9.60. The third-order valence-corrected chi connectivity index (χ3v) is 3.51. The molecule has 0 aliphatic rings. The first-order valence-electron chi connectivity index (χ1n) is 6.64. The Labute approximate surface area is 123 Å². The third-order valence-electron chi connectivity index (χ3n) is 3.14. The van der Waals surface area contributed by atoms with Crippen molar-refractivity contribution in [2.75, 3.05) is 0 Å². The van der Waals surface area contributed by atoms with Gasteiger partial charge in [0.25, 0.3) is 0 Å². The van der Waals surface area contributed by atoms with E-state index >= 15 is 0 Å². The summed E-state index contributed by atoms with van der Waals surface area (Å²) in [5, 5.41) is 7.77. The Balaban J connectivity index is 1.99. The second kappa shape index (κ2) is 6.57. The molecule has 2 rings (SSSR count). The summed E-state index contributed by atoms with van der Waals surface area (Å²) in [4.78, 5) is 12.1. The van der Waals surface area contributed by atoms with E-state index in [4.69, 9.17) is 11.6 Å². The Hall–Kier alpha value is -1.81. The standard InChI is InChI=1S/C15H18ClN3O/c1-3-14(12-7-5-4-6-8-12)17-15(20)10-19-9-13(16)11(2)18-19/h4-9,14H,3,10H2,1-2H3,(H,17,20). The Bertz CT molecular complexity index is 561. The highest BCUT2D eigenvalue weighted by molar-refractivity contribution is 6.31. The maximum atomic E-state index is 12.1. The molecule has 1 amide bonds. The van der Waals surface area contributed by atoms with Gasteiger partial charge in [0, 0.05) is 6.20 Å². The van der Waals surface area contributed by atoms with E-state index < -0.39 is 0 Å². The molecule has 5 heteroatoms. The molecule has 1 N–H and O–H groups in total. The molecule has 0 saturated carbocycles. The molecule has 0 fully saturated rings. The number of benzene rings is 1. The van der Waals surface area contributed by atoms with Crippen molar-refractivity contribution < 1.29 is 4.79 Å². The van der Waals surface area contributed by atoms with Crippen LogP contribution in [-0.2, 0) is 11.3 Å². The lowest BCUT2D eigenvalue weighted by atomic mass is 10.0. The molecule has 1 heterocycles. The molecule has 1 aromatic heterocycles. The number of aromatic nitrogens is 2. The number of rotatable bonds is 5. The van der Waals surface area contributed by atoms with Crippen LogP contribution < -0.4 is 5.32 Å². The average molecular weight is 292 g/mol. The fraction of sp³-hybridized carbons (Fsp3) is 0.333. The fourth-order valence-electron chi connectivity index (χ4n) is 2.07. The van der Waals surface area contributed by atoms with Gasteiger partial charge in [-0.1, -0.05) is 48.9 Å². The van der Waals surface area contributed by atoms with Gasteiger partial charge in [-0.25, -0.2) is 0 Å². The molecule has 0 spiro atoms. The van der Waals surface area contributed by atoms with Crippen LogP contribution in [0.15, 0.2) is 36.5 Å². The van der Waals surface area contributed by atoms with E-state index in [1.165, 1.54) is 0 Å². The van der Waals surface area contributed by atoms with E-state index in [0.29, 0.717) is 5.02 Å². The minimum absolute atomic E-state index is 0.0239. The smallest absolute Gasteiger partial charge is 0.242 e. The van der Waals surface area contributed by atoms with Gasteiger partial charge in [-0.2, -0.15) is 5.10 Å². The van der Waals surface area contributed by atoms with Crippen molar-refractivity contribution >= 4 is 17.5 Å². The zero-order chi connectivity index (χ0) is 14.5. The molecular weight excluding hydrogens is 274 g/mol. The van der Waals surface area contributed by atoms with Gasteiger partial charge in [0.05, 0.1) is 16.8 Å². The number of hydrogen-bond donors (Lipinski definition) is 1. The van der Waals surface area contributed by atoms with E-state index in [2.05, 4.69) is 10.4 Å². The van der Waals surface area contributed by atoms with E-state index in [0.717, 1.165) is 17.7 Å². The van der Waals surface area contributed by atoms with Crippen molar-refractivity contribution in [3.63, 3.8) is 0 Å². The average Bonchev–Trinajstić information content (AvgIpc) is 2.75. The molecule has 1 atom stereocenters.